The molecule has 1 aromatic carbocycles. The standard InChI is InChI=1S/C12H13F3N2O/c1-2-3-8-16-11(18)17-10-6-4-9(5-7-10)12(13,14)15/h3-8H,2H2,1H3,(H2,16,17,18)/b8-3+. The van der Waals surface area contributed by atoms with Crippen LogP contribution in [0.4, 0.5) is 23.7 Å². The van der Waals surface area contributed by atoms with Gasteiger partial charge in [0.15, 0.2) is 0 Å². The number of alkyl halides is 3. The van der Waals surface area contributed by atoms with Crippen molar-refractivity contribution >= 4 is 11.7 Å². The summed E-state index contributed by atoms with van der Waals surface area (Å²) in [6, 6.07) is 3.73. The van der Waals surface area contributed by atoms with Gasteiger partial charge in [-0.25, -0.2) is 4.79 Å². The van der Waals surface area contributed by atoms with E-state index in [1.807, 2.05) is 6.92 Å². The molecule has 0 radical (unpaired) electrons. The van der Waals surface area contributed by atoms with E-state index in [9.17, 15) is 18.0 Å². The zero-order valence-electron chi connectivity index (χ0n) is 9.71. The molecule has 0 aromatic heterocycles. The van der Waals surface area contributed by atoms with Gasteiger partial charge in [-0.2, -0.15) is 13.2 Å². The van der Waals surface area contributed by atoms with Gasteiger partial charge in [0.05, 0.1) is 5.56 Å². The van der Waals surface area contributed by atoms with E-state index in [-0.39, 0.29) is 0 Å². The Kier molecular flexibility index (Phi) is 4.76. The van der Waals surface area contributed by atoms with Gasteiger partial charge < -0.3 is 10.6 Å². The monoisotopic (exact) mass is 258 g/mol. The molecule has 98 valence electrons. The lowest BCUT2D eigenvalue weighted by molar-refractivity contribution is -0.137. The summed E-state index contributed by atoms with van der Waals surface area (Å²) in [6.07, 6.45) is -0.378. The number of amides is 2. The Morgan fingerprint density at radius 1 is 1.28 bits per heavy atom. The van der Waals surface area contributed by atoms with Gasteiger partial charge in [-0.3, -0.25) is 0 Å². The third kappa shape index (κ3) is 4.48. The minimum absolute atomic E-state index is 0.297. The highest BCUT2D eigenvalue weighted by molar-refractivity contribution is 5.89. The van der Waals surface area contributed by atoms with E-state index >= 15 is 0 Å². The van der Waals surface area contributed by atoms with Crippen LogP contribution >= 0.6 is 0 Å². The quantitative estimate of drug-likeness (QED) is 0.851. The lowest BCUT2D eigenvalue weighted by Crippen LogP contribution is -2.23. The predicted molar refractivity (Wildman–Crippen MR) is 63.0 cm³/mol. The molecule has 2 N–H and O–H groups in total. The normalized spacial score (nSPS) is 11.6. The molecule has 3 nitrogen and oxygen atoms in total. The molecule has 1 aromatic rings. The number of halogens is 3. The van der Waals surface area contributed by atoms with E-state index < -0.39 is 17.8 Å². The van der Waals surface area contributed by atoms with E-state index in [1.165, 1.54) is 18.3 Å². The van der Waals surface area contributed by atoms with Crippen LogP contribution in [0.25, 0.3) is 0 Å². The number of hydrogen-bond acceptors (Lipinski definition) is 1. The molecule has 0 bridgehead atoms. The van der Waals surface area contributed by atoms with Crippen LogP contribution in [-0.4, -0.2) is 6.03 Å². The summed E-state index contributed by atoms with van der Waals surface area (Å²) in [5.74, 6) is 0. The first-order valence-electron chi connectivity index (χ1n) is 5.33. The van der Waals surface area contributed by atoms with Gasteiger partial charge in [0.2, 0.25) is 0 Å². The Hall–Kier alpha value is -1.98. The first kappa shape index (κ1) is 14.1. The first-order valence-corrected chi connectivity index (χ1v) is 5.33. The predicted octanol–water partition coefficient (Wildman–Crippen LogP) is 3.75. The highest BCUT2D eigenvalue weighted by Crippen LogP contribution is 2.29. The van der Waals surface area contributed by atoms with E-state index in [4.69, 9.17) is 0 Å². The van der Waals surface area contributed by atoms with E-state index in [0.717, 1.165) is 18.6 Å². The van der Waals surface area contributed by atoms with Crippen molar-refractivity contribution in [3.63, 3.8) is 0 Å². The molecule has 0 saturated heterocycles. The van der Waals surface area contributed by atoms with Crippen LogP contribution in [0.15, 0.2) is 36.5 Å². The fraction of sp³-hybridized carbons (Fsp3) is 0.250. The highest BCUT2D eigenvalue weighted by atomic mass is 19.4. The van der Waals surface area contributed by atoms with Gasteiger partial charge in [0.1, 0.15) is 0 Å². The van der Waals surface area contributed by atoms with Gasteiger partial charge in [0, 0.05) is 11.9 Å². The Bertz CT molecular complexity index is 424. The van der Waals surface area contributed by atoms with Crippen LogP contribution < -0.4 is 10.6 Å². The van der Waals surface area contributed by atoms with Crippen LogP contribution in [0.5, 0.6) is 0 Å². The molecule has 18 heavy (non-hydrogen) atoms. The average Bonchev–Trinajstić information content (AvgIpc) is 2.29. The highest BCUT2D eigenvalue weighted by Gasteiger charge is 2.29. The summed E-state index contributed by atoms with van der Waals surface area (Å²) in [6.45, 7) is 1.91. The summed E-state index contributed by atoms with van der Waals surface area (Å²) in [5, 5.41) is 4.83. The summed E-state index contributed by atoms with van der Waals surface area (Å²) in [4.78, 5) is 11.3. The molecule has 0 atom stereocenters. The zero-order chi connectivity index (χ0) is 13.6. The SMILES string of the molecule is CC/C=C/NC(=O)Nc1ccc(C(F)(F)F)cc1. The third-order valence-electron chi connectivity index (χ3n) is 2.04. The summed E-state index contributed by atoms with van der Waals surface area (Å²) in [7, 11) is 0. The van der Waals surface area contributed by atoms with Gasteiger partial charge in [-0.05, 0) is 30.7 Å². The average molecular weight is 258 g/mol. The van der Waals surface area contributed by atoms with Crippen molar-refractivity contribution in [2.45, 2.75) is 19.5 Å². The van der Waals surface area contributed by atoms with Crippen molar-refractivity contribution in [3.8, 4) is 0 Å². The molecule has 0 unspecified atom stereocenters. The number of nitrogens with one attached hydrogen (secondary N) is 2. The van der Waals surface area contributed by atoms with Crippen molar-refractivity contribution in [2.24, 2.45) is 0 Å². The van der Waals surface area contributed by atoms with Gasteiger partial charge >= 0.3 is 12.2 Å². The second-order valence-electron chi connectivity index (χ2n) is 3.48. The van der Waals surface area contributed by atoms with E-state index in [0.29, 0.717) is 5.69 Å². The van der Waals surface area contributed by atoms with Crippen LogP contribution in [-0.2, 0) is 6.18 Å². The largest absolute Gasteiger partial charge is 0.416 e. The molecular weight excluding hydrogens is 245 g/mol. The summed E-state index contributed by atoms with van der Waals surface area (Å²) in [5.41, 5.74) is -0.454. The van der Waals surface area contributed by atoms with Crippen molar-refractivity contribution < 1.29 is 18.0 Å². The maximum atomic E-state index is 12.3. The topological polar surface area (TPSA) is 41.1 Å². The number of benzene rings is 1. The number of carbonyl (C=O) groups excluding carboxylic acids is 1. The Labute approximate surface area is 103 Å². The number of carbonyl (C=O) groups is 1. The minimum atomic E-state index is -4.37. The maximum absolute atomic E-state index is 12.3. The number of hydrogen-bond donors (Lipinski definition) is 2. The van der Waals surface area contributed by atoms with Crippen molar-refractivity contribution in [3.05, 3.63) is 42.1 Å². The first-order chi connectivity index (χ1) is 8.43. The molecule has 0 spiro atoms. The van der Waals surface area contributed by atoms with Crippen LogP contribution in [0.3, 0.4) is 0 Å². The molecule has 0 saturated carbocycles. The second-order valence-corrected chi connectivity index (χ2v) is 3.48. The zero-order valence-corrected chi connectivity index (χ0v) is 9.71. The molecule has 0 aliphatic rings. The Morgan fingerprint density at radius 2 is 1.89 bits per heavy atom. The lowest BCUT2D eigenvalue weighted by atomic mass is 10.2. The lowest BCUT2D eigenvalue weighted by Gasteiger charge is -2.08. The Balaban J connectivity index is 2.59. The minimum Gasteiger partial charge on any atom is -0.315 e. The molecular formula is C12H13F3N2O. The molecule has 6 heteroatoms. The van der Waals surface area contributed by atoms with Gasteiger partial charge in [-0.15, -0.1) is 0 Å². The van der Waals surface area contributed by atoms with Crippen LogP contribution in [0.2, 0.25) is 0 Å². The van der Waals surface area contributed by atoms with Crippen molar-refractivity contribution in [1.82, 2.24) is 5.32 Å². The smallest absolute Gasteiger partial charge is 0.315 e. The molecule has 0 heterocycles. The number of rotatable bonds is 3. The van der Waals surface area contributed by atoms with E-state index in [1.54, 1.807) is 6.08 Å². The third-order valence-corrected chi connectivity index (χ3v) is 2.04. The number of allylic oxidation sites excluding steroid dienone is 1. The molecule has 1 rings (SSSR count). The maximum Gasteiger partial charge on any atom is 0.416 e. The number of anilines is 1. The molecule has 0 aliphatic heterocycles. The second kappa shape index (κ2) is 6.09. The van der Waals surface area contributed by atoms with Crippen LogP contribution in [0, 0.1) is 0 Å². The van der Waals surface area contributed by atoms with E-state index in [2.05, 4.69) is 10.6 Å². The van der Waals surface area contributed by atoms with Gasteiger partial charge in [-0.1, -0.05) is 13.0 Å². The van der Waals surface area contributed by atoms with Crippen LogP contribution in [0.1, 0.15) is 18.9 Å². The number of urea groups is 1. The molecule has 0 fully saturated rings. The summed E-state index contributed by atoms with van der Waals surface area (Å²) < 4.78 is 36.8. The molecule has 0 aliphatic carbocycles. The van der Waals surface area contributed by atoms with Gasteiger partial charge in [0.25, 0.3) is 0 Å². The van der Waals surface area contributed by atoms with Crippen molar-refractivity contribution in [1.29, 1.82) is 0 Å². The van der Waals surface area contributed by atoms with Crippen molar-refractivity contribution in [2.75, 3.05) is 5.32 Å². The fourth-order valence-corrected chi connectivity index (χ4v) is 1.16. The summed E-state index contributed by atoms with van der Waals surface area (Å²) >= 11 is 0. The Morgan fingerprint density at radius 3 is 2.39 bits per heavy atom. The molecule has 2 amide bonds. The fourth-order valence-electron chi connectivity index (χ4n) is 1.16.